The van der Waals surface area contributed by atoms with Crippen molar-refractivity contribution in [3.8, 4) is 0 Å². The quantitative estimate of drug-likeness (QED) is 0.587. The highest BCUT2D eigenvalue weighted by Crippen LogP contribution is 2.23. The fourth-order valence-corrected chi connectivity index (χ4v) is 2.03. The van der Waals surface area contributed by atoms with E-state index in [1.165, 1.54) is 11.3 Å². The van der Waals surface area contributed by atoms with E-state index in [0.717, 1.165) is 0 Å². The Balaban J connectivity index is 2.78. The van der Waals surface area contributed by atoms with Crippen LogP contribution in [-0.2, 0) is 0 Å². The van der Waals surface area contributed by atoms with Crippen molar-refractivity contribution in [2.45, 2.75) is 5.38 Å². The Kier molecular flexibility index (Phi) is 3.84. The van der Waals surface area contributed by atoms with Crippen molar-refractivity contribution in [2.24, 2.45) is 0 Å². The molecule has 0 aromatic carbocycles. The second-order valence-corrected chi connectivity index (χ2v) is 4.64. The van der Waals surface area contributed by atoms with E-state index in [-0.39, 0.29) is 11.7 Å². The van der Waals surface area contributed by atoms with Crippen molar-refractivity contribution in [3.63, 3.8) is 0 Å². The average molecular weight is 244 g/mol. The molecule has 0 aliphatic heterocycles. The Labute approximate surface area is 89.2 Å². The number of Topliss-reactive ketones (excluding diaryl/α,β-unsaturated/α-hetero) is 1. The number of alkyl halides is 2. The standard InChI is InChI=1S/C7H5Cl3OS/c8-3-4(9)7(11)5-1-2-6(10)12-5/h1-2,4H,3H2. The Morgan fingerprint density at radius 2 is 2.25 bits per heavy atom. The second kappa shape index (κ2) is 4.47. The molecule has 12 heavy (non-hydrogen) atoms. The van der Waals surface area contributed by atoms with Crippen LogP contribution < -0.4 is 0 Å². The third-order valence-electron chi connectivity index (χ3n) is 1.24. The van der Waals surface area contributed by atoms with Gasteiger partial charge in [0.25, 0.3) is 0 Å². The monoisotopic (exact) mass is 242 g/mol. The molecule has 1 heterocycles. The van der Waals surface area contributed by atoms with Gasteiger partial charge < -0.3 is 0 Å². The molecule has 0 radical (unpaired) electrons. The molecule has 0 spiro atoms. The maximum Gasteiger partial charge on any atom is 0.191 e. The topological polar surface area (TPSA) is 17.1 Å². The predicted molar refractivity (Wildman–Crippen MR) is 54.0 cm³/mol. The van der Waals surface area contributed by atoms with Gasteiger partial charge in [-0.2, -0.15) is 0 Å². The molecule has 0 saturated heterocycles. The summed E-state index contributed by atoms with van der Waals surface area (Å²) in [6.07, 6.45) is 0. The molecular formula is C7H5Cl3OS. The van der Waals surface area contributed by atoms with Gasteiger partial charge in [-0.15, -0.1) is 34.5 Å². The van der Waals surface area contributed by atoms with E-state index in [2.05, 4.69) is 0 Å². The number of carbonyl (C=O) groups excluding carboxylic acids is 1. The van der Waals surface area contributed by atoms with Crippen molar-refractivity contribution < 1.29 is 4.79 Å². The third-order valence-corrected chi connectivity index (χ3v) is 3.30. The maximum absolute atomic E-state index is 11.3. The highest BCUT2D eigenvalue weighted by atomic mass is 35.5. The van der Waals surface area contributed by atoms with E-state index in [4.69, 9.17) is 34.8 Å². The summed E-state index contributed by atoms with van der Waals surface area (Å²) in [6, 6.07) is 3.31. The van der Waals surface area contributed by atoms with Crippen molar-refractivity contribution in [1.82, 2.24) is 0 Å². The fraction of sp³-hybridized carbons (Fsp3) is 0.286. The smallest absolute Gasteiger partial charge is 0.191 e. The van der Waals surface area contributed by atoms with Crippen LogP contribution in [0.1, 0.15) is 9.67 Å². The molecular weight excluding hydrogens is 239 g/mol. The van der Waals surface area contributed by atoms with Gasteiger partial charge in [-0.3, -0.25) is 4.79 Å². The van der Waals surface area contributed by atoms with E-state index in [1.807, 2.05) is 0 Å². The summed E-state index contributed by atoms with van der Waals surface area (Å²) in [7, 11) is 0. The molecule has 66 valence electrons. The molecule has 0 N–H and O–H groups in total. The van der Waals surface area contributed by atoms with Crippen LogP contribution in [0.2, 0.25) is 4.34 Å². The predicted octanol–water partition coefficient (Wildman–Crippen LogP) is 3.43. The van der Waals surface area contributed by atoms with Gasteiger partial charge in [-0.25, -0.2) is 0 Å². The first kappa shape index (κ1) is 10.3. The lowest BCUT2D eigenvalue weighted by Crippen LogP contribution is -2.14. The zero-order valence-corrected chi connectivity index (χ0v) is 8.97. The Hall–Kier alpha value is 0.240. The van der Waals surface area contributed by atoms with Crippen molar-refractivity contribution in [3.05, 3.63) is 21.3 Å². The Bertz CT molecular complexity index is 284. The molecule has 0 aliphatic rings. The number of carbonyl (C=O) groups is 1. The van der Waals surface area contributed by atoms with E-state index >= 15 is 0 Å². The van der Waals surface area contributed by atoms with Crippen molar-refractivity contribution in [1.29, 1.82) is 0 Å². The van der Waals surface area contributed by atoms with Gasteiger partial charge in [0.15, 0.2) is 5.78 Å². The second-order valence-electron chi connectivity index (χ2n) is 2.09. The van der Waals surface area contributed by atoms with Crippen LogP contribution in [0.5, 0.6) is 0 Å². The molecule has 1 aromatic rings. The summed E-state index contributed by atoms with van der Waals surface area (Å²) in [5.41, 5.74) is 0. The lowest BCUT2D eigenvalue weighted by Gasteiger charge is -1.99. The van der Waals surface area contributed by atoms with Crippen molar-refractivity contribution >= 4 is 51.9 Å². The average Bonchev–Trinajstić information content (AvgIpc) is 2.49. The number of ketones is 1. The largest absolute Gasteiger partial charge is 0.292 e. The summed E-state index contributed by atoms with van der Waals surface area (Å²) in [6.45, 7) is 0. The molecule has 0 amide bonds. The number of hydrogen-bond donors (Lipinski definition) is 0. The lowest BCUT2D eigenvalue weighted by atomic mass is 10.2. The van der Waals surface area contributed by atoms with Gasteiger partial charge in [-0.05, 0) is 12.1 Å². The highest BCUT2D eigenvalue weighted by molar-refractivity contribution is 7.18. The Morgan fingerprint density at radius 1 is 1.58 bits per heavy atom. The molecule has 1 unspecified atom stereocenters. The number of hydrogen-bond acceptors (Lipinski definition) is 2. The highest BCUT2D eigenvalue weighted by Gasteiger charge is 2.17. The summed E-state index contributed by atoms with van der Waals surface area (Å²) in [5.74, 6) is -0.0424. The van der Waals surface area contributed by atoms with Crippen LogP contribution in [0.3, 0.4) is 0 Å². The van der Waals surface area contributed by atoms with E-state index in [0.29, 0.717) is 9.21 Å². The van der Waals surface area contributed by atoms with Crippen molar-refractivity contribution in [2.75, 3.05) is 5.88 Å². The number of thiophene rings is 1. The molecule has 1 rings (SSSR count). The van der Waals surface area contributed by atoms with Crippen LogP contribution >= 0.6 is 46.1 Å². The first-order valence-electron chi connectivity index (χ1n) is 3.14. The SMILES string of the molecule is O=C(c1ccc(Cl)s1)C(Cl)CCl. The lowest BCUT2D eigenvalue weighted by molar-refractivity contribution is 0.0996. The molecule has 0 aliphatic carbocycles. The minimum absolute atomic E-state index is 0.121. The molecule has 0 fully saturated rings. The fourth-order valence-electron chi connectivity index (χ4n) is 0.671. The molecule has 1 aromatic heterocycles. The number of rotatable bonds is 3. The van der Waals surface area contributed by atoms with Crippen LogP contribution in [-0.4, -0.2) is 17.0 Å². The molecule has 1 atom stereocenters. The molecule has 0 bridgehead atoms. The van der Waals surface area contributed by atoms with Crippen LogP contribution in [0.25, 0.3) is 0 Å². The number of halogens is 3. The first-order chi connectivity index (χ1) is 5.65. The normalized spacial score (nSPS) is 12.9. The first-order valence-corrected chi connectivity index (χ1v) is 5.31. The van der Waals surface area contributed by atoms with Gasteiger partial charge in [-0.1, -0.05) is 11.6 Å². The van der Waals surface area contributed by atoms with Gasteiger partial charge in [0, 0.05) is 5.88 Å². The van der Waals surface area contributed by atoms with Crippen LogP contribution in [0.15, 0.2) is 12.1 Å². The van der Waals surface area contributed by atoms with Crippen LogP contribution in [0, 0.1) is 0 Å². The Morgan fingerprint density at radius 3 is 2.67 bits per heavy atom. The van der Waals surface area contributed by atoms with Gasteiger partial charge >= 0.3 is 0 Å². The molecule has 5 heteroatoms. The maximum atomic E-state index is 11.3. The van der Waals surface area contributed by atoms with Gasteiger partial charge in [0.1, 0.15) is 5.38 Å². The summed E-state index contributed by atoms with van der Waals surface area (Å²) in [5, 5.41) is -0.651. The molecule has 1 nitrogen and oxygen atoms in total. The van der Waals surface area contributed by atoms with Gasteiger partial charge in [0.2, 0.25) is 0 Å². The third kappa shape index (κ3) is 2.36. The molecule has 0 saturated carbocycles. The van der Waals surface area contributed by atoms with E-state index < -0.39 is 5.38 Å². The van der Waals surface area contributed by atoms with Gasteiger partial charge in [0.05, 0.1) is 9.21 Å². The zero-order valence-electron chi connectivity index (χ0n) is 5.89. The minimum Gasteiger partial charge on any atom is -0.292 e. The van der Waals surface area contributed by atoms with Crippen LogP contribution in [0.4, 0.5) is 0 Å². The summed E-state index contributed by atoms with van der Waals surface area (Å²) < 4.78 is 0.580. The zero-order chi connectivity index (χ0) is 9.14. The minimum atomic E-state index is -0.651. The summed E-state index contributed by atoms with van der Waals surface area (Å²) >= 11 is 17.9. The van der Waals surface area contributed by atoms with E-state index in [1.54, 1.807) is 12.1 Å². The van der Waals surface area contributed by atoms with E-state index in [9.17, 15) is 4.79 Å². The summed E-state index contributed by atoms with van der Waals surface area (Å²) in [4.78, 5) is 11.9.